The zero-order valence-corrected chi connectivity index (χ0v) is 14.5. The molecule has 0 amide bonds. The highest BCUT2D eigenvalue weighted by Gasteiger charge is 2.28. The molecule has 1 aliphatic carbocycles. The molecule has 1 aliphatic rings. The van der Waals surface area contributed by atoms with Gasteiger partial charge in [0.05, 0.1) is 0 Å². The third-order valence-electron chi connectivity index (χ3n) is 5.63. The van der Waals surface area contributed by atoms with Crippen LogP contribution in [0.25, 0.3) is 0 Å². The Morgan fingerprint density at radius 3 is 1.92 bits per heavy atom. The van der Waals surface area contributed by atoms with Gasteiger partial charge in [0.2, 0.25) is 0 Å². The molecule has 0 bridgehead atoms. The van der Waals surface area contributed by atoms with Crippen molar-refractivity contribution in [3.8, 4) is 11.5 Å². The van der Waals surface area contributed by atoms with Crippen LogP contribution in [0, 0.1) is 5.92 Å². The molecule has 0 saturated heterocycles. The van der Waals surface area contributed by atoms with Gasteiger partial charge in [-0.1, -0.05) is 37.6 Å². The number of hydrogen-bond donors (Lipinski definition) is 2. The van der Waals surface area contributed by atoms with Crippen molar-refractivity contribution in [1.82, 2.24) is 0 Å². The third-order valence-corrected chi connectivity index (χ3v) is 5.63. The molecule has 0 spiro atoms. The average Bonchev–Trinajstić information content (AvgIpc) is 2.62. The van der Waals surface area contributed by atoms with E-state index < -0.39 is 0 Å². The SMILES string of the molecule is CCCC(c1ccc(O)cc1)C1CCC(c2ccc(O)cc2)CC1. The maximum absolute atomic E-state index is 9.54. The lowest BCUT2D eigenvalue weighted by atomic mass is 9.71. The van der Waals surface area contributed by atoms with Crippen molar-refractivity contribution < 1.29 is 10.2 Å². The molecule has 3 rings (SSSR count). The summed E-state index contributed by atoms with van der Waals surface area (Å²) < 4.78 is 0. The fourth-order valence-corrected chi connectivity index (χ4v) is 4.31. The first-order valence-electron chi connectivity index (χ1n) is 9.25. The molecule has 2 N–H and O–H groups in total. The van der Waals surface area contributed by atoms with Gasteiger partial charge in [0.25, 0.3) is 0 Å². The second-order valence-corrected chi connectivity index (χ2v) is 7.19. The summed E-state index contributed by atoms with van der Waals surface area (Å²) in [5, 5.41) is 19.0. The molecule has 2 aromatic rings. The minimum atomic E-state index is 0.350. The molecule has 0 aromatic heterocycles. The van der Waals surface area contributed by atoms with Gasteiger partial charge in [-0.15, -0.1) is 0 Å². The lowest BCUT2D eigenvalue weighted by Crippen LogP contribution is -2.20. The van der Waals surface area contributed by atoms with E-state index in [0.717, 1.165) is 5.92 Å². The number of benzene rings is 2. The van der Waals surface area contributed by atoms with Crippen molar-refractivity contribution in [3.05, 3.63) is 59.7 Å². The minimum Gasteiger partial charge on any atom is -0.508 e. The van der Waals surface area contributed by atoms with Gasteiger partial charge in [0.1, 0.15) is 11.5 Å². The van der Waals surface area contributed by atoms with Crippen LogP contribution in [0.4, 0.5) is 0 Å². The summed E-state index contributed by atoms with van der Waals surface area (Å²) in [5.74, 6) is 2.68. The predicted molar refractivity (Wildman–Crippen MR) is 98.6 cm³/mol. The number of phenolic OH excluding ortho intramolecular Hbond substituents is 2. The Hall–Kier alpha value is -1.96. The van der Waals surface area contributed by atoms with Crippen LogP contribution in [0.5, 0.6) is 11.5 Å². The zero-order chi connectivity index (χ0) is 16.9. The van der Waals surface area contributed by atoms with Crippen molar-refractivity contribution in [3.63, 3.8) is 0 Å². The Morgan fingerprint density at radius 2 is 1.38 bits per heavy atom. The molecule has 0 aliphatic heterocycles. The van der Waals surface area contributed by atoms with Gasteiger partial charge >= 0.3 is 0 Å². The summed E-state index contributed by atoms with van der Waals surface area (Å²) in [4.78, 5) is 0. The number of hydrogen-bond acceptors (Lipinski definition) is 2. The first kappa shape index (κ1) is 16.9. The van der Waals surface area contributed by atoms with E-state index in [9.17, 15) is 10.2 Å². The summed E-state index contributed by atoms with van der Waals surface area (Å²) in [6.45, 7) is 2.26. The smallest absolute Gasteiger partial charge is 0.115 e. The molecular weight excluding hydrogens is 296 g/mol. The Morgan fingerprint density at radius 1 is 0.833 bits per heavy atom. The van der Waals surface area contributed by atoms with Crippen LogP contribution in [0.3, 0.4) is 0 Å². The summed E-state index contributed by atoms with van der Waals surface area (Å²) in [6.07, 6.45) is 7.40. The van der Waals surface area contributed by atoms with Gasteiger partial charge in [-0.25, -0.2) is 0 Å². The molecule has 1 unspecified atom stereocenters. The zero-order valence-electron chi connectivity index (χ0n) is 14.5. The third kappa shape index (κ3) is 3.92. The highest BCUT2D eigenvalue weighted by Crippen LogP contribution is 2.43. The second kappa shape index (κ2) is 7.74. The number of aromatic hydroxyl groups is 2. The summed E-state index contributed by atoms with van der Waals surface area (Å²) in [6, 6.07) is 15.6. The van der Waals surface area contributed by atoms with Gasteiger partial charge in [0.15, 0.2) is 0 Å². The van der Waals surface area contributed by atoms with Crippen molar-refractivity contribution in [2.24, 2.45) is 5.92 Å². The highest BCUT2D eigenvalue weighted by atomic mass is 16.3. The van der Waals surface area contributed by atoms with Crippen LogP contribution in [0.2, 0.25) is 0 Å². The van der Waals surface area contributed by atoms with Gasteiger partial charge in [-0.2, -0.15) is 0 Å². The first-order valence-corrected chi connectivity index (χ1v) is 9.25. The maximum Gasteiger partial charge on any atom is 0.115 e. The van der Waals surface area contributed by atoms with E-state index in [2.05, 4.69) is 31.2 Å². The number of phenols is 2. The Balaban J connectivity index is 1.66. The molecule has 1 fully saturated rings. The van der Waals surface area contributed by atoms with Crippen LogP contribution in [0.1, 0.15) is 68.4 Å². The monoisotopic (exact) mass is 324 g/mol. The summed E-state index contributed by atoms with van der Waals surface area (Å²) in [5.41, 5.74) is 2.74. The molecule has 1 saturated carbocycles. The highest BCUT2D eigenvalue weighted by molar-refractivity contribution is 5.30. The molecule has 2 aromatic carbocycles. The van der Waals surface area contributed by atoms with E-state index in [1.807, 2.05) is 12.1 Å². The Labute approximate surface area is 145 Å². The van der Waals surface area contributed by atoms with Crippen LogP contribution in [-0.4, -0.2) is 10.2 Å². The predicted octanol–water partition coefficient (Wildman–Crippen LogP) is 5.96. The van der Waals surface area contributed by atoms with E-state index in [-0.39, 0.29) is 0 Å². The van der Waals surface area contributed by atoms with Crippen LogP contribution < -0.4 is 0 Å². The van der Waals surface area contributed by atoms with E-state index in [1.165, 1.54) is 49.7 Å². The lowest BCUT2D eigenvalue weighted by Gasteiger charge is -2.34. The van der Waals surface area contributed by atoms with Crippen LogP contribution in [-0.2, 0) is 0 Å². The Bertz CT molecular complexity index is 622. The fraction of sp³-hybridized carbons (Fsp3) is 0.455. The van der Waals surface area contributed by atoms with Crippen molar-refractivity contribution in [1.29, 1.82) is 0 Å². The quantitative estimate of drug-likeness (QED) is 0.713. The summed E-state index contributed by atoms with van der Waals surface area (Å²) >= 11 is 0. The van der Waals surface area contributed by atoms with Gasteiger partial charge in [-0.3, -0.25) is 0 Å². The molecule has 24 heavy (non-hydrogen) atoms. The first-order chi connectivity index (χ1) is 11.7. The number of rotatable bonds is 5. The normalized spacial score (nSPS) is 22.2. The molecular formula is C22H28O2. The standard InChI is InChI=1S/C22H28O2/c1-2-3-22(19-10-14-21(24)15-11-19)18-6-4-16(5-7-18)17-8-12-20(23)13-9-17/h8-16,18,22-24H,2-7H2,1H3. The van der Waals surface area contributed by atoms with Crippen molar-refractivity contribution in [2.75, 3.05) is 0 Å². The van der Waals surface area contributed by atoms with E-state index in [4.69, 9.17) is 0 Å². The molecule has 0 heterocycles. The van der Waals surface area contributed by atoms with E-state index in [1.54, 1.807) is 12.1 Å². The Kier molecular flexibility index (Phi) is 5.44. The maximum atomic E-state index is 9.54. The lowest BCUT2D eigenvalue weighted by molar-refractivity contribution is 0.271. The average molecular weight is 324 g/mol. The molecule has 1 atom stereocenters. The molecule has 2 heteroatoms. The van der Waals surface area contributed by atoms with Crippen molar-refractivity contribution >= 4 is 0 Å². The van der Waals surface area contributed by atoms with Gasteiger partial charge in [-0.05, 0) is 85.3 Å². The molecule has 2 nitrogen and oxygen atoms in total. The van der Waals surface area contributed by atoms with Gasteiger partial charge in [0, 0.05) is 0 Å². The molecule has 0 radical (unpaired) electrons. The van der Waals surface area contributed by atoms with Crippen LogP contribution >= 0.6 is 0 Å². The second-order valence-electron chi connectivity index (χ2n) is 7.19. The van der Waals surface area contributed by atoms with E-state index >= 15 is 0 Å². The topological polar surface area (TPSA) is 40.5 Å². The van der Waals surface area contributed by atoms with E-state index in [0.29, 0.717) is 23.3 Å². The van der Waals surface area contributed by atoms with Crippen molar-refractivity contribution in [2.45, 2.75) is 57.3 Å². The largest absolute Gasteiger partial charge is 0.508 e. The minimum absolute atomic E-state index is 0.350. The molecule has 128 valence electrons. The summed E-state index contributed by atoms with van der Waals surface area (Å²) in [7, 11) is 0. The fourth-order valence-electron chi connectivity index (χ4n) is 4.31. The van der Waals surface area contributed by atoms with Crippen LogP contribution in [0.15, 0.2) is 48.5 Å². The van der Waals surface area contributed by atoms with Gasteiger partial charge < -0.3 is 10.2 Å².